The van der Waals surface area contributed by atoms with E-state index in [1.54, 1.807) is 24.3 Å². The summed E-state index contributed by atoms with van der Waals surface area (Å²) in [5.41, 5.74) is 0.370. The van der Waals surface area contributed by atoms with E-state index < -0.39 is 15.9 Å². The van der Waals surface area contributed by atoms with Gasteiger partial charge in [-0.1, -0.05) is 19.4 Å². The molecule has 28 heavy (non-hydrogen) atoms. The molecule has 8 heteroatoms. The highest BCUT2D eigenvalue weighted by molar-refractivity contribution is 7.90. The summed E-state index contributed by atoms with van der Waals surface area (Å²) in [5.74, 6) is 1.05. The van der Waals surface area contributed by atoms with Gasteiger partial charge in [0.15, 0.2) is 5.76 Å². The lowest BCUT2D eigenvalue weighted by Crippen LogP contribution is -2.26. The first-order chi connectivity index (χ1) is 13.4. The topological polar surface area (TPSA) is 92.0 Å². The zero-order chi connectivity index (χ0) is 20.1. The molecule has 1 aliphatic heterocycles. The highest BCUT2D eigenvalue weighted by Crippen LogP contribution is 2.21. The van der Waals surface area contributed by atoms with Gasteiger partial charge >= 0.3 is 0 Å². The van der Waals surface area contributed by atoms with Crippen LogP contribution in [0.1, 0.15) is 48.9 Å². The molecule has 2 heterocycles. The fourth-order valence-corrected chi connectivity index (χ4v) is 4.19. The molecular weight excluding hydrogens is 378 g/mol. The number of carbonyl (C=O) groups excluding carboxylic acids is 1. The van der Waals surface area contributed by atoms with E-state index >= 15 is 0 Å². The van der Waals surface area contributed by atoms with Gasteiger partial charge in [-0.05, 0) is 43.2 Å². The fourth-order valence-electron chi connectivity index (χ4n) is 3.05. The van der Waals surface area contributed by atoms with E-state index in [1.165, 1.54) is 12.1 Å². The van der Waals surface area contributed by atoms with E-state index in [1.807, 2.05) is 18.9 Å². The van der Waals surface area contributed by atoms with Crippen molar-refractivity contribution in [3.8, 4) is 0 Å². The Kier molecular flexibility index (Phi) is 6.18. The van der Waals surface area contributed by atoms with Crippen molar-refractivity contribution < 1.29 is 17.6 Å². The third-order valence-electron chi connectivity index (χ3n) is 4.68. The molecule has 1 aromatic carbocycles. The first-order valence-corrected chi connectivity index (χ1v) is 10.9. The van der Waals surface area contributed by atoms with Crippen LogP contribution in [0, 0.1) is 0 Å². The lowest BCUT2D eigenvalue weighted by molar-refractivity contribution is 0.0995. The Morgan fingerprint density at radius 2 is 2.04 bits per heavy atom. The van der Waals surface area contributed by atoms with Crippen LogP contribution in [-0.4, -0.2) is 38.7 Å². The molecule has 1 amide bonds. The number of rotatable bonds is 5. The molecule has 150 valence electrons. The minimum absolute atomic E-state index is 0.0455. The average Bonchev–Trinajstić information content (AvgIpc) is 3.08. The Balaban J connectivity index is 1.80. The molecular formula is C20H25N3O4S. The van der Waals surface area contributed by atoms with Crippen LogP contribution in [0.4, 0.5) is 5.69 Å². The maximum Gasteiger partial charge on any atom is 0.291 e. The molecule has 7 nitrogen and oxygen atoms in total. The summed E-state index contributed by atoms with van der Waals surface area (Å²) in [7, 11) is -1.99. The number of hydrogen-bond acceptors (Lipinski definition) is 4. The van der Waals surface area contributed by atoms with E-state index in [2.05, 4.69) is 9.71 Å². The molecule has 1 fully saturated rings. The number of aryl methyl sites for hydroxylation is 1. The number of amides is 1. The van der Waals surface area contributed by atoms with Crippen molar-refractivity contribution in [1.82, 2.24) is 4.90 Å². The van der Waals surface area contributed by atoms with Crippen LogP contribution < -0.4 is 5.32 Å². The number of benzene rings is 1. The van der Waals surface area contributed by atoms with Gasteiger partial charge in [-0.3, -0.25) is 4.79 Å². The molecule has 1 aliphatic rings. The zero-order valence-corrected chi connectivity index (χ0v) is 17.0. The van der Waals surface area contributed by atoms with Gasteiger partial charge in [-0.25, -0.2) is 0 Å². The number of likely N-dealkylation sites (tertiary alicyclic amines) is 1. The molecule has 1 N–H and O–H groups in total. The van der Waals surface area contributed by atoms with Gasteiger partial charge in [-0.2, -0.15) is 8.42 Å². The highest BCUT2D eigenvalue weighted by atomic mass is 32.2. The van der Waals surface area contributed by atoms with Gasteiger partial charge < -0.3 is 14.6 Å². The molecule has 2 aromatic rings. The van der Waals surface area contributed by atoms with Gasteiger partial charge in [0.25, 0.3) is 15.9 Å². The molecule has 0 radical (unpaired) electrons. The first-order valence-electron chi connectivity index (χ1n) is 9.44. The minimum Gasteiger partial charge on any atom is -0.456 e. The number of hydrogen-bond donors (Lipinski definition) is 1. The number of sulfonamides is 1. The van der Waals surface area contributed by atoms with Gasteiger partial charge in [0, 0.05) is 32.1 Å². The maximum atomic E-state index is 12.8. The van der Waals surface area contributed by atoms with E-state index in [0.29, 0.717) is 30.1 Å². The smallest absolute Gasteiger partial charge is 0.291 e. The number of furan rings is 1. The molecule has 0 aliphatic carbocycles. The summed E-state index contributed by atoms with van der Waals surface area (Å²) in [6, 6.07) is 9.45. The molecule has 0 unspecified atom stereocenters. The first kappa shape index (κ1) is 20.1. The Bertz CT molecular complexity index is 979. The van der Waals surface area contributed by atoms with Crippen molar-refractivity contribution in [2.24, 2.45) is 4.40 Å². The molecule has 1 saturated heterocycles. The van der Waals surface area contributed by atoms with Crippen molar-refractivity contribution in [3.05, 3.63) is 47.9 Å². The number of carbonyl (C=O) groups is 1. The molecule has 1 aromatic heterocycles. The van der Waals surface area contributed by atoms with E-state index in [-0.39, 0.29) is 10.7 Å². The number of nitrogens with one attached hydrogen (secondary N) is 1. The summed E-state index contributed by atoms with van der Waals surface area (Å²) in [6.45, 7) is 2.73. The molecule has 3 rings (SSSR count). The quantitative estimate of drug-likeness (QED) is 0.822. The van der Waals surface area contributed by atoms with Crippen molar-refractivity contribution in [2.45, 2.75) is 43.9 Å². The van der Waals surface area contributed by atoms with E-state index in [4.69, 9.17) is 4.42 Å². The Morgan fingerprint density at radius 1 is 1.21 bits per heavy atom. The van der Waals surface area contributed by atoms with E-state index in [9.17, 15) is 13.2 Å². The normalized spacial score (nSPS) is 16.8. The Morgan fingerprint density at radius 3 is 2.79 bits per heavy atom. The van der Waals surface area contributed by atoms with Crippen LogP contribution in [-0.2, 0) is 16.4 Å². The fraction of sp³-hybridized carbons (Fsp3) is 0.400. The van der Waals surface area contributed by atoms with Gasteiger partial charge in [0.1, 0.15) is 11.6 Å². The third-order valence-corrected chi connectivity index (χ3v) is 5.98. The largest absolute Gasteiger partial charge is 0.456 e. The third kappa shape index (κ3) is 4.81. The lowest BCUT2D eigenvalue weighted by atomic mass is 10.2. The zero-order valence-electron chi connectivity index (χ0n) is 16.1. The van der Waals surface area contributed by atoms with Crippen molar-refractivity contribution in [2.75, 3.05) is 18.9 Å². The minimum atomic E-state index is -3.86. The standard InChI is InChI=1S/C20H25N3O4S/c1-3-16-11-12-18(27-16)20(24)21-15-8-7-9-17(14-15)28(25,26)22-19-10-5-4-6-13-23(19)2/h7-9,11-12,14H,3-6,10,13H2,1-2H3,(H,21,24)/b22-19-. The summed E-state index contributed by atoms with van der Waals surface area (Å²) in [4.78, 5) is 14.3. The SMILES string of the molecule is CCc1ccc(C(=O)Nc2cccc(S(=O)(=O)/N=C3/CCCCCN3C)c2)o1. The maximum absolute atomic E-state index is 12.8. The van der Waals surface area contributed by atoms with Crippen LogP contribution >= 0.6 is 0 Å². The average molecular weight is 404 g/mol. The Labute approximate surface area is 165 Å². The molecule has 0 saturated carbocycles. The molecule has 0 atom stereocenters. The van der Waals surface area contributed by atoms with Crippen LogP contribution in [0.3, 0.4) is 0 Å². The van der Waals surface area contributed by atoms with Crippen molar-refractivity contribution in [3.63, 3.8) is 0 Å². The van der Waals surface area contributed by atoms with Gasteiger partial charge in [-0.15, -0.1) is 4.40 Å². The van der Waals surface area contributed by atoms with Crippen molar-refractivity contribution >= 4 is 27.5 Å². The van der Waals surface area contributed by atoms with Crippen LogP contribution in [0.25, 0.3) is 0 Å². The molecule has 0 spiro atoms. The van der Waals surface area contributed by atoms with E-state index in [0.717, 1.165) is 25.8 Å². The van der Waals surface area contributed by atoms with Gasteiger partial charge in [0.05, 0.1) is 4.90 Å². The molecule has 0 bridgehead atoms. The second-order valence-electron chi connectivity index (χ2n) is 6.82. The second kappa shape index (κ2) is 8.60. The summed E-state index contributed by atoms with van der Waals surface area (Å²) >= 11 is 0. The van der Waals surface area contributed by atoms with Gasteiger partial charge in [0.2, 0.25) is 0 Å². The number of anilines is 1. The number of nitrogens with zero attached hydrogens (tertiary/aromatic N) is 2. The summed E-state index contributed by atoms with van der Waals surface area (Å²) < 4.78 is 35.0. The van der Waals surface area contributed by atoms with Crippen LogP contribution in [0.15, 0.2) is 50.1 Å². The number of amidine groups is 1. The second-order valence-corrected chi connectivity index (χ2v) is 8.42. The van der Waals surface area contributed by atoms with Crippen LogP contribution in [0.5, 0.6) is 0 Å². The predicted octanol–water partition coefficient (Wildman–Crippen LogP) is 3.69. The highest BCUT2D eigenvalue weighted by Gasteiger charge is 2.19. The van der Waals surface area contributed by atoms with Crippen molar-refractivity contribution in [1.29, 1.82) is 0 Å². The summed E-state index contributed by atoms with van der Waals surface area (Å²) in [5, 5.41) is 2.67. The van der Waals surface area contributed by atoms with Crippen LogP contribution in [0.2, 0.25) is 0 Å². The summed E-state index contributed by atoms with van der Waals surface area (Å²) in [6.07, 6.45) is 4.36. The monoisotopic (exact) mass is 403 g/mol. The predicted molar refractivity (Wildman–Crippen MR) is 108 cm³/mol. The lowest BCUT2D eigenvalue weighted by Gasteiger charge is -2.17. The Hall–Kier alpha value is -2.61.